The number of pyridine rings is 1. The number of aromatic nitrogens is 3. The van der Waals surface area contributed by atoms with Gasteiger partial charge in [-0.1, -0.05) is 55.5 Å². The standard InChI is InChI=1S/C40H39F2N7O2/c1-3-26-9-6-10-27-11-7-14-31(35(26)27)32-15-16-33-37(36(32)42)45-40(51-25-30-13-8-20-47(30)2)46-38(33)48-21-22-49(29(24-48)17-18-43)39(50)34(41)23-28-12-4-5-19-44-28/h4-7,9-12,14-16,19,23,29-30H,3,8,13,17,20-22,24-25H2,1-2H3/b34-23-/t29-,30-/m0/s1. The van der Waals surface area contributed by atoms with E-state index in [0.717, 1.165) is 53.8 Å². The third-order valence-electron chi connectivity index (χ3n) is 10.0. The number of nitrogens with zero attached hydrogens (tertiary/aromatic N) is 7. The third kappa shape index (κ3) is 6.84. The summed E-state index contributed by atoms with van der Waals surface area (Å²) in [6.45, 7) is 3.99. The number of piperazine rings is 1. The number of amides is 1. The van der Waals surface area contributed by atoms with Gasteiger partial charge in [0, 0.05) is 48.9 Å². The average molecular weight is 688 g/mol. The number of fused-ring (bicyclic) bond motifs is 2. The van der Waals surface area contributed by atoms with Gasteiger partial charge < -0.3 is 19.4 Å². The van der Waals surface area contributed by atoms with Crippen molar-refractivity contribution in [2.24, 2.45) is 0 Å². The summed E-state index contributed by atoms with van der Waals surface area (Å²) in [4.78, 5) is 32.4. The summed E-state index contributed by atoms with van der Waals surface area (Å²) < 4.78 is 38.4. The Hall–Kier alpha value is -5.47. The van der Waals surface area contributed by atoms with Gasteiger partial charge in [-0.05, 0) is 73.0 Å². The highest BCUT2D eigenvalue weighted by molar-refractivity contribution is 6.02. The molecule has 4 heterocycles. The first-order valence-corrected chi connectivity index (χ1v) is 17.4. The number of likely N-dealkylation sites (tertiary alicyclic amines) is 1. The number of hydrogen-bond donors (Lipinski definition) is 0. The summed E-state index contributed by atoms with van der Waals surface area (Å²) in [6.07, 6.45) is 5.43. The van der Waals surface area contributed by atoms with Gasteiger partial charge in [-0.15, -0.1) is 0 Å². The fourth-order valence-corrected chi connectivity index (χ4v) is 7.32. The molecule has 0 radical (unpaired) electrons. The first kappa shape index (κ1) is 34.0. The third-order valence-corrected chi connectivity index (χ3v) is 10.0. The van der Waals surface area contributed by atoms with E-state index in [2.05, 4.69) is 41.0 Å². The predicted molar refractivity (Wildman–Crippen MR) is 194 cm³/mol. The number of ether oxygens (including phenoxy) is 1. The fraction of sp³-hybridized carbons (Fsp3) is 0.325. The smallest absolute Gasteiger partial charge is 0.319 e. The molecule has 2 aliphatic heterocycles. The summed E-state index contributed by atoms with van der Waals surface area (Å²) in [7, 11) is 2.05. The number of aryl methyl sites for hydroxylation is 1. The van der Waals surface area contributed by atoms with Crippen LogP contribution in [0.3, 0.4) is 0 Å². The normalized spacial score (nSPS) is 18.4. The number of nitriles is 1. The Morgan fingerprint density at radius 2 is 1.86 bits per heavy atom. The van der Waals surface area contributed by atoms with E-state index in [1.807, 2.05) is 41.3 Å². The van der Waals surface area contributed by atoms with Gasteiger partial charge in [0.2, 0.25) is 0 Å². The molecule has 0 saturated carbocycles. The lowest BCUT2D eigenvalue weighted by Crippen LogP contribution is -2.55. The van der Waals surface area contributed by atoms with Crippen LogP contribution in [0.4, 0.5) is 14.6 Å². The van der Waals surface area contributed by atoms with Crippen LogP contribution in [-0.4, -0.2) is 82.6 Å². The Labute approximate surface area is 295 Å². The second kappa shape index (κ2) is 14.8. The number of anilines is 1. The summed E-state index contributed by atoms with van der Waals surface area (Å²) in [5.41, 5.74) is 2.77. The number of benzene rings is 3. The number of rotatable bonds is 9. The van der Waals surface area contributed by atoms with E-state index in [1.165, 1.54) is 11.1 Å². The van der Waals surface area contributed by atoms with E-state index in [-0.39, 0.29) is 43.6 Å². The maximum Gasteiger partial charge on any atom is 0.319 e. The average Bonchev–Trinajstić information content (AvgIpc) is 3.57. The monoisotopic (exact) mass is 687 g/mol. The van der Waals surface area contributed by atoms with Crippen molar-refractivity contribution in [3.05, 3.63) is 95.8 Å². The maximum atomic E-state index is 17.0. The number of carbonyl (C=O) groups excluding carboxylic acids is 1. The van der Waals surface area contributed by atoms with Gasteiger partial charge in [0.15, 0.2) is 11.6 Å². The molecule has 3 aromatic carbocycles. The molecule has 2 atom stereocenters. The largest absolute Gasteiger partial charge is 0.462 e. The maximum absolute atomic E-state index is 17.0. The zero-order valence-electron chi connectivity index (χ0n) is 28.7. The number of halogens is 2. The molecular formula is C40H39F2N7O2. The van der Waals surface area contributed by atoms with Gasteiger partial charge in [-0.25, -0.2) is 8.78 Å². The Balaban J connectivity index is 1.27. The molecule has 1 amide bonds. The Morgan fingerprint density at radius 3 is 2.61 bits per heavy atom. The minimum absolute atomic E-state index is 0.0289. The SMILES string of the molecule is CCc1cccc2cccc(-c3ccc4c(N5CCN(C(=O)/C(F)=C/c6ccccn6)[C@@H](CC#N)C5)nc(OC[C@@H]5CCCN5C)nc4c3F)c12. The molecular weight excluding hydrogens is 648 g/mol. The zero-order valence-corrected chi connectivity index (χ0v) is 28.7. The van der Waals surface area contributed by atoms with Crippen molar-refractivity contribution in [3.63, 3.8) is 0 Å². The van der Waals surface area contributed by atoms with Gasteiger partial charge in [0.1, 0.15) is 17.9 Å². The summed E-state index contributed by atoms with van der Waals surface area (Å²) in [5, 5.41) is 12.2. The van der Waals surface area contributed by atoms with Crippen molar-refractivity contribution < 1.29 is 18.3 Å². The van der Waals surface area contributed by atoms with Crippen LogP contribution in [0, 0.1) is 17.1 Å². The number of hydrogen-bond acceptors (Lipinski definition) is 8. The summed E-state index contributed by atoms with van der Waals surface area (Å²) in [6, 6.07) is 22.4. The highest BCUT2D eigenvalue weighted by atomic mass is 19.1. The summed E-state index contributed by atoms with van der Waals surface area (Å²) in [5.74, 6) is -1.82. The van der Waals surface area contributed by atoms with Crippen LogP contribution in [0.15, 0.2) is 78.8 Å². The number of likely N-dealkylation sites (N-methyl/N-ethyl adjacent to an activating group) is 1. The minimum atomic E-state index is -0.959. The Morgan fingerprint density at radius 1 is 1.02 bits per heavy atom. The first-order chi connectivity index (χ1) is 24.9. The van der Waals surface area contributed by atoms with Gasteiger partial charge in [0.25, 0.3) is 5.91 Å². The van der Waals surface area contributed by atoms with Crippen LogP contribution in [0.5, 0.6) is 6.01 Å². The molecule has 11 heteroatoms. The van der Waals surface area contributed by atoms with Crippen LogP contribution in [-0.2, 0) is 11.2 Å². The van der Waals surface area contributed by atoms with Crippen molar-refractivity contribution in [2.45, 2.75) is 44.7 Å². The van der Waals surface area contributed by atoms with Gasteiger partial charge in [0.05, 0.1) is 24.2 Å². The topological polar surface area (TPSA) is 98.5 Å². The van der Waals surface area contributed by atoms with Gasteiger partial charge in [-0.3, -0.25) is 9.78 Å². The van der Waals surface area contributed by atoms with Crippen LogP contribution in [0.1, 0.15) is 37.4 Å². The lowest BCUT2D eigenvalue weighted by atomic mass is 9.93. The van der Waals surface area contributed by atoms with E-state index >= 15 is 8.78 Å². The van der Waals surface area contributed by atoms with Crippen LogP contribution < -0.4 is 9.64 Å². The van der Waals surface area contributed by atoms with Crippen LogP contribution in [0.25, 0.3) is 38.9 Å². The van der Waals surface area contributed by atoms with Crippen molar-refractivity contribution in [2.75, 3.05) is 44.7 Å². The second-order valence-electron chi connectivity index (χ2n) is 13.1. The zero-order chi connectivity index (χ0) is 35.5. The molecule has 5 aromatic rings. The molecule has 2 fully saturated rings. The Kier molecular flexibility index (Phi) is 9.86. The predicted octanol–water partition coefficient (Wildman–Crippen LogP) is 6.96. The lowest BCUT2D eigenvalue weighted by Gasteiger charge is -2.41. The van der Waals surface area contributed by atoms with Crippen LogP contribution >= 0.6 is 0 Å². The molecule has 260 valence electrons. The molecule has 2 saturated heterocycles. The molecule has 7 rings (SSSR count). The van der Waals surface area contributed by atoms with Crippen molar-refractivity contribution in [3.8, 4) is 23.2 Å². The molecule has 0 aliphatic carbocycles. The number of carbonyl (C=O) groups is 1. The summed E-state index contributed by atoms with van der Waals surface area (Å²) >= 11 is 0. The van der Waals surface area contributed by atoms with E-state index in [9.17, 15) is 10.1 Å². The van der Waals surface area contributed by atoms with Gasteiger partial charge in [-0.2, -0.15) is 15.2 Å². The fourth-order valence-electron chi connectivity index (χ4n) is 7.32. The van der Waals surface area contributed by atoms with E-state index in [1.54, 1.807) is 24.3 Å². The molecule has 0 unspecified atom stereocenters. The first-order valence-electron chi connectivity index (χ1n) is 17.4. The minimum Gasteiger partial charge on any atom is -0.462 e. The van der Waals surface area contributed by atoms with Gasteiger partial charge >= 0.3 is 6.01 Å². The lowest BCUT2D eigenvalue weighted by molar-refractivity contribution is -0.131. The van der Waals surface area contributed by atoms with E-state index in [4.69, 9.17) is 9.72 Å². The molecule has 2 aliphatic rings. The molecule has 0 bridgehead atoms. The van der Waals surface area contributed by atoms with Crippen molar-refractivity contribution in [1.82, 2.24) is 24.8 Å². The molecule has 2 aromatic heterocycles. The molecule has 51 heavy (non-hydrogen) atoms. The van der Waals surface area contributed by atoms with E-state index in [0.29, 0.717) is 29.1 Å². The molecule has 0 N–H and O–H groups in total. The quantitative estimate of drug-likeness (QED) is 0.154. The van der Waals surface area contributed by atoms with E-state index < -0.39 is 23.6 Å². The van der Waals surface area contributed by atoms with Crippen LogP contribution in [0.2, 0.25) is 0 Å². The highest BCUT2D eigenvalue weighted by Gasteiger charge is 2.34. The highest BCUT2D eigenvalue weighted by Crippen LogP contribution is 2.38. The van der Waals surface area contributed by atoms with Crippen molar-refractivity contribution >= 4 is 39.5 Å². The Bertz CT molecular complexity index is 2150. The molecule has 9 nitrogen and oxygen atoms in total. The van der Waals surface area contributed by atoms with Crippen molar-refractivity contribution in [1.29, 1.82) is 5.26 Å². The molecule has 0 spiro atoms. The second-order valence-corrected chi connectivity index (χ2v) is 13.1.